The van der Waals surface area contributed by atoms with Crippen LogP contribution in [-0.2, 0) is 14.4 Å². The van der Waals surface area contributed by atoms with Crippen molar-refractivity contribution in [3.63, 3.8) is 0 Å². The fourth-order valence-electron chi connectivity index (χ4n) is 5.55. The van der Waals surface area contributed by atoms with Gasteiger partial charge in [-0.05, 0) is 63.3 Å². The number of nitrogens with zero attached hydrogens (tertiary/aromatic N) is 3. The van der Waals surface area contributed by atoms with E-state index in [0.29, 0.717) is 31.4 Å². The molecule has 37 heavy (non-hydrogen) atoms. The number of carbonyl (C=O) groups excluding carboxylic acids is 4. The van der Waals surface area contributed by atoms with E-state index in [4.69, 9.17) is 5.73 Å². The molecule has 4 unspecified atom stereocenters. The number of hydrogen-bond donors (Lipinski definition) is 2. The number of likely N-dealkylation sites (tertiary alicyclic amines) is 2. The molecule has 2 saturated heterocycles. The molecule has 0 bridgehead atoms. The van der Waals surface area contributed by atoms with Crippen LogP contribution in [0.3, 0.4) is 0 Å². The molecule has 2 fully saturated rings. The molecule has 204 valence electrons. The van der Waals surface area contributed by atoms with Crippen LogP contribution in [0.1, 0.15) is 70.7 Å². The molecule has 1 aromatic rings. The first-order valence-electron chi connectivity index (χ1n) is 13.7. The zero-order valence-corrected chi connectivity index (χ0v) is 22.9. The smallest absolute Gasteiger partial charge is 0.251 e. The zero-order valence-electron chi connectivity index (χ0n) is 22.9. The first-order chi connectivity index (χ1) is 17.6. The van der Waals surface area contributed by atoms with Gasteiger partial charge in [-0.15, -0.1) is 0 Å². The number of amides is 3. The first kappa shape index (κ1) is 28.6. The third kappa shape index (κ3) is 6.32. The maximum absolute atomic E-state index is 13.7. The number of benzene rings is 1. The number of ketones is 1. The van der Waals surface area contributed by atoms with Crippen molar-refractivity contribution in [2.75, 3.05) is 31.1 Å². The van der Waals surface area contributed by atoms with Crippen LogP contribution in [-0.4, -0.2) is 83.7 Å². The number of carbonyl (C=O) groups is 4. The van der Waals surface area contributed by atoms with Crippen LogP contribution in [0.2, 0.25) is 0 Å². The minimum absolute atomic E-state index is 0.0184. The Morgan fingerprint density at radius 1 is 1.05 bits per heavy atom. The van der Waals surface area contributed by atoms with E-state index >= 15 is 0 Å². The molecule has 2 aliphatic rings. The van der Waals surface area contributed by atoms with Crippen LogP contribution in [0.25, 0.3) is 0 Å². The number of nitrogens with two attached hydrogens (primary N) is 1. The highest BCUT2D eigenvalue weighted by molar-refractivity contribution is 6.01. The van der Waals surface area contributed by atoms with Gasteiger partial charge >= 0.3 is 0 Å². The fourth-order valence-corrected chi connectivity index (χ4v) is 5.55. The standard InChI is InChI=1S/C28H43N5O4/c1-6-9-21(29)27(36)33-17-24(34)25-23(33)14-15-32(25)28(37)22(16-18(4)5)30-26(35)19-10-12-20(13-11-19)31(7-2)8-3/h10-13,18,21-23,25H,6-9,14-17,29H2,1-5H3,(H,30,35). The Labute approximate surface area is 220 Å². The molecule has 1 aromatic carbocycles. The summed E-state index contributed by atoms with van der Waals surface area (Å²) >= 11 is 0. The quantitative estimate of drug-likeness (QED) is 0.469. The molecule has 3 N–H and O–H groups in total. The van der Waals surface area contributed by atoms with Crippen molar-refractivity contribution in [1.29, 1.82) is 0 Å². The van der Waals surface area contributed by atoms with Crippen molar-refractivity contribution in [3.8, 4) is 0 Å². The maximum atomic E-state index is 13.7. The minimum Gasteiger partial charge on any atom is -0.372 e. The predicted octanol–water partition coefficient (Wildman–Crippen LogP) is 2.19. The van der Waals surface area contributed by atoms with Gasteiger partial charge in [-0.25, -0.2) is 0 Å². The molecule has 0 aliphatic carbocycles. The van der Waals surface area contributed by atoms with Gasteiger partial charge in [0.25, 0.3) is 5.91 Å². The van der Waals surface area contributed by atoms with Crippen molar-refractivity contribution in [2.24, 2.45) is 11.7 Å². The van der Waals surface area contributed by atoms with Gasteiger partial charge in [-0.2, -0.15) is 0 Å². The summed E-state index contributed by atoms with van der Waals surface area (Å²) in [6.07, 6.45) is 2.32. The van der Waals surface area contributed by atoms with E-state index in [9.17, 15) is 19.2 Å². The number of nitrogens with one attached hydrogen (secondary N) is 1. The van der Waals surface area contributed by atoms with Crippen LogP contribution in [0.15, 0.2) is 24.3 Å². The molecule has 3 rings (SSSR count). The average molecular weight is 514 g/mol. The van der Waals surface area contributed by atoms with Gasteiger partial charge in [0.1, 0.15) is 12.1 Å². The Morgan fingerprint density at radius 2 is 1.70 bits per heavy atom. The third-order valence-corrected chi connectivity index (χ3v) is 7.47. The summed E-state index contributed by atoms with van der Waals surface area (Å²) in [5.41, 5.74) is 7.57. The molecule has 3 amide bonds. The molecule has 0 saturated carbocycles. The minimum atomic E-state index is -0.756. The number of hydrogen-bond acceptors (Lipinski definition) is 6. The van der Waals surface area contributed by atoms with Crippen molar-refractivity contribution < 1.29 is 19.2 Å². The predicted molar refractivity (Wildman–Crippen MR) is 144 cm³/mol. The zero-order chi connectivity index (χ0) is 27.3. The summed E-state index contributed by atoms with van der Waals surface area (Å²) in [6, 6.07) is 4.96. The van der Waals surface area contributed by atoms with E-state index in [1.54, 1.807) is 21.9 Å². The summed E-state index contributed by atoms with van der Waals surface area (Å²) in [4.78, 5) is 58.0. The van der Waals surface area contributed by atoms with Crippen molar-refractivity contribution >= 4 is 29.2 Å². The lowest BCUT2D eigenvalue weighted by Crippen LogP contribution is -2.53. The summed E-state index contributed by atoms with van der Waals surface area (Å²) in [5, 5.41) is 2.93. The summed E-state index contributed by atoms with van der Waals surface area (Å²) in [7, 11) is 0. The summed E-state index contributed by atoms with van der Waals surface area (Å²) < 4.78 is 0. The van der Waals surface area contributed by atoms with Gasteiger partial charge in [0, 0.05) is 30.9 Å². The number of Topliss-reactive ketones (excluding diaryl/α,β-unsaturated/α-hetero) is 1. The third-order valence-electron chi connectivity index (χ3n) is 7.47. The van der Waals surface area contributed by atoms with Gasteiger partial charge < -0.3 is 25.8 Å². The van der Waals surface area contributed by atoms with E-state index in [-0.39, 0.29) is 42.0 Å². The second kappa shape index (κ2) is 12.5. The lowest BCUT2D eigenvalue weighted by molar-refractivity contribution is -0.138. The van der Waals surface area contributed by atoms with E-state index in [1.165, 1.54) is 0 Å². The number of fused-ring (bicyclic) bond motifs is 1. The van der Waals surface area contributed by atoms with Crippen LogP contribution >= 0.6 is 0 Å². The molecular weight excluding hydrogens is 470 g/mol. The highest BCUT2D eigenvalue weighted by Crippen LogP contribution is 2.31. The average Bonchev–Trinajstić information content (AvgIpc) is 3.45. The summed E-state index contributed by atoms with van der Waals surface area (Å²) in [5.74, 6) is -0.801. The van der Waals surface area contributed by atoms with Gasteiger partial charge in [-0.1, -0.05) is 27.2 Å². The molecule has 0 radical (unpaired) electrons. The number of rotatable bonds is 11. The van der Waals surface area contributed by atoms with Gasteiger partial charge in [-0.3, -0.25) is 19.2 Å². The molecule has 9 nitrogen and oxygen atoms in total. The van der Waals surface area contributed by atoms with E-state index in [1.807, 2.05) is 32.9 Å². The molecule has 0 spiro atoms. The maximum Gasteiger partial charge on any atom is 0.251 e. The number of anilines is 1. The molecular formula is C28H43N5O4. The molecule has 2 aliphatic heterocycles. The molecule has 0 aromatic heterocycles. The monoisotopic (exact) mass is 513 g/mol. The molecule has 2 heterocycles. The van der Waals surface area contributed by atoms with E-state index in [0.717, 1.165) is 25.2 Å². The highest BCUT2D eigenvalue weighted by Gasteiger charge is 2.52. The lowest BCUT2D eigenvalue weighted by Gasteiger charge is -2.29. The Balaban J connectivity index is 1.74. The normalized spacial score (nSPS) is 20.7. The van der Waals surface area contributed by atoms with Gasteiger partial charge in [0.05, 0.1) is 18.6 Å². The second-order valence-electron chi connectivity index (χ2n) is 10.5. The summed E-state index contributed by atoms with van der Waals surface area (Å²) in [6.45, 7) is 12.2. The lowest BCUT2D eigenvalue weighted by atomic mass is 10.0. The van der Waals surface area contributed by atoms with Crippen molar-refractivity contribution in [1.82, 2.24) is 15.1 Å². The first-order valence-corrected chi connectivity index (χ1v) is 13.7. The van der Waals surface area contributed by atoms with E-state index in [2.05, 4.69) is 24.1 Å². The Bertz CT molecular complexity index is 975. The molecule has 4 atom stereocenters. The van der Waals surface area contributed by atoms with Gasteiger partial charge in [0.2, 0.25) is 11.8 Å². The second-order valence-corrected chi connectivity index (χ2v) is 10.5. The van der Waals surface area contributed by atoms with Crippen LogP contribution in [0, 0.1) is 5.92 Å². The fraction of sp³-hybridized carbons (Fsp3) is 0.643. The molecule has 9 heteroatoms. The van der Waals surface area contributed by atoms with Crippen LogP contribution < -0.4 is 16.0 Å². The van der Waals surface area contributed by atoms with Crippen LogP contribution in [0.5, 0.6) is 0 Å². The van der Waals surface area contributed by atoms with Crippen molar-refractivity contribution in [3.05, 3.63) is 29.8 Å². The SMILES string of the molecule is CCCC(N)C(=O)N1CC(=O)C2C1CCN2C(=O)C(CC(C)C)NC(=O)c1ccc(N(CC)CC)cc1. The van der Waals surface area contributed by atoms with Crippen molar-refractivity contribution in [2.45, 2.75) is 84.5 Å². The van der Waals surface area contributed by atoms with E-state index < -0.39 is 18.1 Å². The largest absolute Gasteiger partial charge is 0.372 e. The van der Waals surface area contributed by atoms with Crippen LogP contribution in [0.4, 0.5) is 5.69 Å². The topological polar surface area (TPSA) is 116 Å². The Morgan fingerprint density at radius 3 is 2.27 bits per heavy atom. The Kier molecular flexibility index (Phi) is 9.70. The van der Waals surface area contributed by atoms with Gasteiger partial charge in [0.15, 0.2) is 5.78 Å². The highest BCUT2D eigenvalue weighted by atomic mass is 16.2. The Hall–Kier alpha value is -2.94.